The van der Waals surface area contributed by atoms with E-state index in [1.807, 2.05) is 6.07 Å². The van der Waals surface area contributed by atoms with Crippen LogP contribution >= 0.6 is 0 Å². The summed E-state index contributed by atoms with van der Waals surface area (Å²) in [6.45, 7) is 6.79. The third-order valence-electron chi connectivity index (χ3n) is 2.64. The Morgan fingerprint density at radius 3 is 2.44 bits per heavy atom. The monoisotopic (exact) mass is 248 g/mol. The Hall–Kier alpha value is -1.84. The summed E-state index contributed by atoms with van der Waals surface area (Å²) in [4.78, 5) is 0. The zero-order valence-electron chi connectivity index (χ0n) is 10.8. The van der Waals surface area contributed by atoms with Crippen molar-refractivity contribution in [1.29, 1.82) is 0 Å². The van der Waals surface area contributed by atoms with Gasteiger partial charge in [0.05, 0.1) is 0 Å². The second kappa shape index (κ2) is 4.80. The number of halogens is 1. The first-order valence-electron chi connectivity index (χ1n) is 5.91. The third kappa shape index (κ3) is 3.09. The maximum Gasteiger partial charge on any atom is 0.169 e. The van der Waals surface area contributed by atoms with Gasteiger partial charge in [-0.3, -0.25) is 0 Å². The molecule has 0 amide bonds. The van der Waals surface area contributed by atoms with E-state index in [-0.39, 0.29) is 11.2 Å². The van der Waals surface area contributed by atoms with Crippen LogP contribution in [-0.2, 0) is 12.0 Å². The summed E-state index contributed by atoms with van der Waals surface area (Å²) in [6, 6.07) is 8.27. The topological polar surface area (TPSA) is 38.1 Å². The molecule has 1 aromatic carbocycles. The van der Waals surface area contributed by atoms with Gasteiger partial charge in [-0.15, -0.1) is 0 Å². The van der Waals surface area contributed by atoms with Gasteiger partial charge in [0, 0.05) is 18.0 Å². The van der Waals surface area contributed by atoms with Crippen molar-refractivity contribution >= 4 is 5.82 Å². The zero-order valence-corrected chi connectivity index (χ0v) is 10.8. The average Bonchev–Trinajstić information content (AvgIpc) is 2.77. The minimum Gasteiger partial charge on any atom is -0.363 e. The second-order valence-corrected chi connectivity index (χ2v) is 5.31. The van der Waals surface area contributed by atoms with Crippen molar-refractivity contribution in [2.75, 3.05) is 5.32 Å². The van der Waals surface area contributed by atoms with E-state index in [0.717, 1.165) is 11.3 Å². The van der Waals surface area contributed by atoms with Crippen molar-refractivity contribution in [3.63, 3.8) is 0 Å². The molecule has 0 bridgehead atoms. The Kier molecular flexibility index (Phi) is 3.36. The summed E-state index contributed by atoms with van der Waals surface area (Å²) in [6.07, 6.45) is 0. The van der Waals surface area contributed by atoms with E-state index in [9.17, 15) is 4.39 Å². The molecule has 0 aliphatic rings. The van der Waals surface area contributed by atoms with Gasteiger partial charge in [-0.25, -0.2) is 4.39 Å². The van der Waals surface area contributed by atoms with Crippen LogP contribution < -0.4 is 5.32 Å². The summed E-state index contributed by atoms with van der Waals surface area (Å²) in [5, 5.41) is 7.10. The van der Waals surface area contributed by atoms with E-state index < -0.39 is 0 Å². The Bertz CT molecular complexity index is 511. The molecular weight excluding hydrogens is 231 g/mol. The van der Waals surface area contributed by atoms with E-state index in [0.29, 0.717) is 12.4 Å². The molecule has 4 heteroatoms. The number of nitrogens with zero attached hydrogens (tertiary/aromatic N) is 1. The van der Waals surface area contributed by atoms with Crippen LogP contribution in [-0.4, -0.2) is 5.16 Å². The summed E-state index contributed by atoms with van der Waals surface area (Å²) < 4.78 is 18.0. The lowest BCUT2D eigenvalue weighted by molar-refractivity contribution is 0.330. The molecule has 2 aromatic rings. The molecule has 18 heavy (non-hydrogen) atoms. The van der Waals surface area contributed by atoms with Crippen LogP contribution in [0.1, 0.15) is 32.1 Å². The Labute approximate surface area is 106 Å². The molecule has 96 valence electrons. The minimum absolute atomic E-state index is 0.0528. The van der Waals surface area contributed by atoms with Gasteiger partial charge in [-0.1, -0.05) is 38.1 Å². The van der Waals surface area contributed by atoms with E-state index in [1.54, 1.807) is 12.1 Å². The van der Waals surface area contributed by atoms with Gasteiger partial charge < -0.3 is 9.84 Å². The summed E-state index contributed by atoms with van der Waals surface area (Å²) in [7, 11) is 0. The van der Waals surface area contributed by atoms with Crippen molar-refractivity contribution in [3.05, 3.63) is 47.5 Å². The largest absolute Gasteiger partial charge is 0.363 e. The van der Waals surface area contributed by atoms with E-state index in [1.165, 1.54) is 12.1 Å². The standard InChI is InChI=1S/C14H17FN2O/c1-14(2,3)12-8-13(17-18-12)16-9-10-4-6-11(15)7-5-10/h4-8H,9H2,1-3H3,(H,16,17). The normalized spacial score (nSPS) is 11.6. The zero-order chi connectivity index (χ0) is 13.2. The molecule has 3 nitrogen and oxygen atoms in total. The van der Waals surface area contributed by atoms with Crippen LogP contribution in [0.4, 0.5) is 10.2 Å². The first-order chi connectivity index (χ1) is 8.45. The molecule has 1 aromatic heterocycles. The van der Waals surface area contributed by atoms with Crippen LogP contribution in [0.2, 0.25) is 0 Å². The highest BCUT2D eigenvalue weighted by molar-refractivity contribution is 5.36. The van der Waals surface area contributed by atoms with Gasteiger partial charge in [0.2, 0.25) is 0 Å². The van der Waals surface area contributed by atoms with Gasteiger partial charge in [0.1, 0.15) is 11.6 Å². The lowest BCUT2D eigenvalue weighted by Gasteiger charge is -2.12. The molecule has 1 heterocycles. The summed E-state index contributed by atoms with van der Waals surface area (Å²) >= 11 is 0. The number of anilines is 1. The van der Waals surface area contributed by atoms with Gasteiger partial charge >= 0.3 is 0 Å². The number of rotatable bonds is 3. The molecule has 1 N–H and O–H groups in total. The van der Waals surface area contributed by atoms with Gasteiger partial charge in [0.15, 0.2) is 5.82 Å². The average molecular weight is 248 g/mol. The molecule has 0 aliphatic heterocycles. The Balaban J connectivity index is 1.98. The predicted molar refractivity (Wildman–Crippen MR) is 68.9 cm³/mol. The summed E-state index contributed by atoms with van der Waals surface area (Å²) in [5.74, 6) is 1.31. The molecule has 0 aliphatic carbocycles. The Morgan fingerprint density at radius 1 is 1.22 bits per heavy atom. The highest BCUT2D eigenvalue weighted by Crippen LogP contribution is 2.24. The lowest BCUT2D eigenvalue weighted by atomic mass is 9.93. The quantitative estimate of drug-likeness (QED) is 0.899. The van der Waals surface area contributed by atoms with Crippen LogP contribution in [0, 0.1) is 5.82 Å². The molecule has 0 unspecified atom stereocenters. The molecule has 0 radical (unpaired) electrons. The van der Waals surface area contributed by atoms with Crippen molar-refractivity contribution in [1.82, 2.24) is 5.16 Å². The smallest absolute Gasteiger partial charge is 0.169 e. The van der Waals surface area contributed by atoms with Gasteiger partial charge in [-0.2, -0.15) is 0 Å². The SMILES string of the molecule is CC(C)(C)c1cc(NCc2ccc(F)cc2)no1. The lowest BCUT2D eigenvalue weighted by Crippen LogP contribution is -2.09. The van der Waals surface area contributed by atoms with Crippen LogP contribution in [0.3, 0.4) is 0 Å². The first kappa shape index (κ1) is 12.6. The van der Waals surface area contributed by atoms with E-state index in [4.69, 9.17) is 4.52 Å². The summed E-state index contributed by atoms with van der Waals surface area (Å²) in [5.41, 5.74) is 0.944. The van der Waals surface area contributed by atoms with Crippen molar-refractivity contribution in [2.45, 2.75) is 32.7 Å². The van der Waals surface area contributed by atoms with Gasteiger partial charge in [-0.05, 0) is 17.7 Å². The van der Waals surface area contributed by atoms with Crippen LogP contribution in [0.15, 0.2) is 34.9 Å². The fourth-order valence-electron chi connectivity index (χ4n) is 1.51. The highest BCUT2D eigenvalue weighted by Gasteiger charge is 2.19. The highest BCUT2D eigenvalue weighted by atomic mass is 19.1. The molecular formula is C14H17FN2O. The number of hydrogen-bond acceptors (Lipinski definition) is 3. The van der Waals surface area contributed by atoms with Crippen molar-refractivity contribution < 1.29 is 8.91 Å². The second-order valence-electron chi connectivity index (χ2n) is 5.31. The molecule has 0 saturated carbocycles. The number of aromatic nitrogens is 1. The molecule has 0 saturated heterocycles. The van der Waals surface area contributed by atoms with Gasteiger partial charge in [0.25, 0.3) is 0 Å². The fourth-order valence-corrected chi connectivity index (χ4v) is 1.51. The first-order valence-corrected chi connectivity index (χ1v) is 5.91. The number of hydrogen-bond donors (Lipinski definition) is 1. The Morgan fingerprint density at radius 2 is 1.89 bits per heavy atom. The maximum atomic E-state index is 12.7. The fraction of sp³-hybridized carbons (Fsp3) is 0.357. The number of benzene rings is 1. The maximum absolute atomic E-state index is 12.7. The number of nitrogens with one attached hydrogen (secondary N) is 1. The van der Waals surface area contributed by atoms with Crippen LogP contribution in [0.5, 0.6) is 0 Å². The molecule has 0 spiro atoms. The minimum atomic E-state index is -0.227. The van der Waals surface area contributed by atoms with Crippen molar-refractivity contribution in [2.24, 2.45) is 0 Å². The van der Waals surface area contributed by atoms with Crippen molar-refractivity contribution in [3.8, 4) is 0 Å². The van der Waals surface area contributed by atoms with E-state index >= 15 is 0 Å². The molecule has 2 rings (SSSR count). The third-order valence-corrected chi connectivity index (χ3v) is 2.64. The van der Waals surface area contributed by atoms with Crippen LogP contribution in [0.25, 0.3) is 0 Å². The van der Waals surface area contributed by atoms with E-state index in [2.05, 4.69) is 31.2 Å². The molecule has 0 atom stereocenters. The predicted octanol–water partition coefficient (Wildman–Crippen LogP) is 3.72. The molecule has 0 fully saturated rings.